The first-order valence-electron chi connectivity index (χ1n) is 12.7. The van der Waals surface area contributed by atoms with E-state index < -0.39 is 0 Å². The summed E-state index contributed by atoms with van der Waals surface area (Å²) in [6.45, 7) is 0. The van der Waals surface area contributed by atoms with Gasteiger partial charge in [-0.1, -0.05) is 48.2 Å². The van der Waals surface area contributed by atoms with Crippen LogP contribution in [-0.2, 0) is 0 Å². The SMILES string of the molecule is COc1ccc(-c2nc(SCCC(=O)n3c4ccccc4c4ccccc43)[nH]c2-c2ccc(OC)cc2)cc1. The number of hydrogen-bond donors (Lipinski definition) is 1. The molecule has 2 heterocycles. The second kappa shape index (κ2) is 10.7. The van der Waals surface area contributed by atoms with Crippen LogP contribution in [0.15, 0.2) is 102 Å². The maximum Gasteiger partial charge on any atom is 0.232 e. The molecule has 0 saturated carbocycles. The Hall–Kier alpha value is -4.49. The van der Waals surface area contributed by atoms with E-state index in [2.05, 4.69) is 17.1 Å². The first-order valence-corrected chi connectivity index (χ1v) is 13.7. The van der Waals surface area contributed by atoms with Crippen LogP contribution in [0.2, 0.25) is 0 Å². The monoisotopic (exact) mass is 533 g/mol. The number of rotatable bonds is 8. The Kier molecular flexibility index (Phi) is 6.82. The molecule has 0 bridgehead atoms. The highest BCUT2D eigenvalue weighted by Gasteiger charge is 2.18. The molecule has 0 unspecified atom stereocenters. The molecule has 0 saturated heterocycles. The number of fused-ring (bicyclic) bond motifs is 3. The third-order valence-corrected chi connectivity index (χ3v) is 7.68. The summed E-state index contributed by atoms with van der Waals surface area (Å²) in [7, 11) is 3.31. The van der Waals surface area contributed by atoms with Crippen molar-refractivity contribution >= 4 is 39.5 Å². The molecule has 194 valence electrons. The number of imidazole rings is 1. The van der Waals surface area contributed by atoms with E-state index >= 15 is 0 Å². The number of nitrogens with one attached hydrogen (secondary N) is 1. The van der Waals surface area contributed by atoms with Gasteiger partial charge in [0.1, 0.15) is 11.5 Å². The summed E-state index contributed by atoms with van der Waals surface area (Å²) in [5, 5.41) is 2.95. The number of ether oxygens (including phenoxy) is 2. The lowest BCUT2D eigenvalue weighted by Gasteiger charge is -2.06. The Morgan fingerprint density at radius 2 is 1.31 bits per heavy atom. The number of para-hydroxylation sites is 2. The molecule has 7 heteroatoms. The van der Waals surface area contributed by atoms with Crippen molar-refractivity contribution in [2.75, 3.05) is 20.0 Å². The zero-order valence-corrected chi connectivity index (χ0v) is 22.5. The van der Waals surface area contributed by atoms with Gasteiger partial charge in [0.25, 0.3) is 0 Å². The molecule has 1 N–H and O–H groups in total. The van der Waals surface area contributed by atoms with Gasteiger partial charge in [-0.15, -0.1) is 0 Å². The van der Waals surface area contributed by atoms with E-state index in [0.717, 1.165) is 61.0 Å². The number of hydrogen-bond acceptors (Lipinski definition) is 5. The van der Waals surface area contributed by atoms with Crippen molar-refractivity contribution in [3.05, 3.63) is 97.1 Å². The van der Waals surface area contributed by atoms with Crippen molar-refractivity contribution in [1.82, 2.24) is 14.5 Å². The first kappa shape index (κ1) is 24.8. The van der Waals surface area contributed by atoms with Crippen LogP contribution in [0, 0.1) is 0 Å². The Bertz CT molecular complexity index is 1650. The molecule has 0 fully saturated rings. The largest absolute Gasteiger partial charge is 0.497 e. The van der Waals surface area contributed by atoms with E-state index in [1.165, 1.54) is 0 Å². The van der Waals surface area contributed by atoms with Crippen LogP contribution in [0.5, 0.6) is 11.5 Å². The fourth-order valence-electron chi connectivity index (χ4n) is 4.88. The standard InChI is InChI=1S/C32H27N3O3S/c1-37-23-15-11-21(12-16-23)30-31(22-13-17-24(38-2)18-14-22)34-32(33-30)39-20-19-29(36)35-27-9-5-3-7-25(27)26-8-4-6-10-28(26)35/h3-18H,19-20H2,1-2H3,(H,33,34). The van der Waals surface area contributed by atoms with Gasteiger partial charge < -0.3 is 14.5 Å². The zero-order chi connectivity index (χ0) is 26.8. The van der Waals surface area contributed by atoms with E-state index in [1.807, 2.05) is 89.5 Å². The van der Waals surface area contributed by atoms with E-state index in [4.69, 9.17) is 14.5 Å². The zero-order valence-electron chi connectivity index (χ0n) is 21.7. The van der Waals surface area contributed by atoms with Crippen molar-refractivity contribution < 1.29 is 14.3 Å². The quantitative estimate of drug-likeness (QED) is 0.203. The average molecular weight is 534 g/mol. The lowest BCUT2D eigenvalue weighted by atomic mass is 10.0. The molecule has 0 amide bonds. The van der Waals surface area contributed by atoms with Gasteiger partial charge in [0.15, 0.2) is 5.16 Å². The second-order valence-corrected chi connectivity index (χ2v) is 10.2. The van der Waals surface area contributed by atoms with Crippen LogP contribution in [0.3, 0.4) is 0 Å². The normalized spacial score (nSPS) is 11.2. The van der Waals surface area contributed by atoms with Crippen molar-refractivity contribution in [1.29, 1.82) is 0 Å². The average Bonchev–Trinajstić information content (AvgIpc) is 3.57. The molecular formula is C32H27N3O3S. The molecule has 0 aliphatic rings. The molecule has 0 aliphatic heterocycles. The van der Waals surface area contributed by atoms with E-state index in [-0.39, 0.29) is 5.91 Å². The van der Waals surface area contributed by atoms with Gasteiger partial charge in [0.05, 0.1) is 36.6 Å². The van der Waals surface area contributed by atoms with Crippen LogP contribution in [0.25, 0.3) is 44.3 Å². The first-order chi connectivity index (χ1) is 19.2. The van der Waals surface area contributed by atoms with E-state index in [1.54, 1.807) is 26.0 Å². The third kappa shape index (κ3) is 4.77. The highest BCUT2D eigenvalue weighted by Crippen LogP contribution is 2.35. The van der Waals surface area contributed by atoms with Gasteiger partial charge in [0.2, 0.25) is 5.91 Å². The van der Waals surface area contributed by atoms with Gasteiger partial charge in [0, 0.05) is 34.1 Å². The Morgan fingerprint density at radius 3 is 1.87 bits per heavy atom. The molecule has 2 aromatic heterocycles. The minimum atomic E-state index is 0.0669. The molecule has 6 rings (SSSR count). The summed E-state index contributed by atoms with van der Waals surface area (Å²) < 4.78 is 12.5. The number of benzene rings is 4. The van der Waals surface area contributed by atoms with Gasteiger partial charge in [-0.2, -0.15) is 0 Å². The van der Waals surface area contributed by atoms with Crippen molar-refractivity contribution in [3.63, 3.8) is 0 Å². The minimum Gasteiger partial charge on any atom is -0.497 e. The van der Waals surface area contributed by atoms with Crippen LogP contribution in [0.1, 0.15) is 11.2 Å². The number of H-pyrrole nitrogens is 1. The molecule has 6 nitrogen and oxygen atoms in total. The number of carbonyl (C=O) groups is 1. The highest BCUT2D eigenvalue weighted by atomic mass is 32.2. The summed E-state index contributed by atoms with van der Waals surface area (Å²) in [5.41, 5.74) is 5.62. The molecule has 39 heavy (non-hydrogen) atoms. The van der Waals surface area contributed by atoms with Gasteiger partial charge >= 0.3 is 0 Å². The van der Waals surface area contributed by atoms with E-state index in [9.17, 15) is 4.79 Å². The van der Waals surface area contributed by atoms with Gasteiger partial charge in [-0.05, 0) is 60.7 Å². The number of aromatic amines is 1. The summed E-state index contributed by atoms with van der Waals surface area (Å²) in [6, 6.07) is 31.9. The lowest BCUT2D eigenvalue weighted by Crippen LogP contribution is -2.11. The van der Waals surface area contributed by atoms with Crippen molar-refractivity contribution in [2.24, 2.45) is 0 Å². The Balaban J connectivity index is 1.27. The number of aromatic nitrogens is 3. The molecule has 6 aromatic rings. The van der Waals surface area contributed by atoms with Crippen LogP contribution in [0.4, 0.5) is 0 Å². The summed E-state index contributed by atoms with van der Waals surface area (Å²) in [5.74, 6) is 2.25. The predicted molar refractivity (Wildman–Crippen MR) is 158 cm³/mol. The third-order valence-electron chi connectivity index (χ3n) is 6.81. The van der Waals surface area contributed by atoms with E-state index in [0.29, 0.717) is 12.2 Å². The summed E-state index contributed by atoms with van der Waals surface area (Å²) in [4.78, 5) is 21.9. The molecule has 0 radical (unpaired) electrons. The number of thioether (sulfide) groups is 1. The predicted octanol–water partition coefficient (Wildman–Crippen LogP) is 7.69. The molecule has 4 aromatic carbocycles. The highest BCUT2D eigenvalue weighted by molar-refractivity contribution is 7.99. The van der Waals surface area contributed by atoms with Crippen molar-refractivity contribution in [2.45, 2.75) is 11.6 Å². The summed E-state index contributed by atoms with van der Waals surface area (Å²) in [6.07, 6.45) is 0.379. The Morgan fingerprint density at radius 1 is 0.769 bits per heavy atom. The lowest BCUT2D eigenvalue weighted by molar-refractivity contribution is 0.0920. The van der Waals surface area contributed by atoms with Crippen molar-refractivity contribution in [3.8, 4) is 34.0 Å². The molecule has 0 spiro atoms. The second-order valence-electron chi connectivity index (χ2n) is 9.08. The minimum absolute atomic E-state index is 0.0669. The molecule has 0 aliphatic carbocycles. The van der Waals surface area contributed by atoms with Crippen LogP contribution >= 0.6 is 11.8 Å². The maximum absolute atomic E-state index is 13.5. The van der Waals surface area contributed by atoms with Crippen LogP contribution < -0.4 is 9.47 Å². The fourth-order valence-corrected chi connectivity index (χ4v) is 5.68. The fraction of sp³-hybridized carbons (Fsp3) is 0.125. The molecular weight excluding hydrogens is 506 g/mol. The topological polar surface area (TPSA) is 69.1 Å². The van der Waals surface area contributed by atoms with Gasteiger partial charge in [-0.3, -0.25) is 9.36 Å². The summed E-state index contributed by atoms with van der Waals surface area (Å²) >= 11 is 1.55. The number of nitrogens with zero attached hydrogens (tertiary/aromatic N) is 2. The molecule has 0 atom stereocenters. The number of carbonyl (C=O) groups excluding carboxylic acids is 1. The maximum atomic E-state index is 13.5. The van der Waals surface area contributed by atoms with Crippen LogP contribution in [-0.4, -0.2) is 40.4 Å². The smallest absolute Gasteiger partial charge is 0.232 e. The number of methoxy groups -OCH3 is 2. The van der Waals surface area contributed by atoms with Gasteiger partial charge in [-0.25, -0.2) is 4.98 Å². The Labute approximate surface area is 230 Å².